The molecule has 1 fully saturated rings. The molecule has 0 radical (unpaired) electrons. The van der Waals surface area contributed by atoms with Gasteiger partial charge >= 0.3 is 5.97 Å². The van der Waals surface area contributed by atoms with Gasteiger partial charge in [-0.15, -0.1) is 0 Å². The predicted octanol–water partition coefficient (Wildman–Crippen LogP) is 5.69. The molecular weight excluding hydrogens is 468 g/mol. The summed E-state index contributed by atoms with van der Waals surface area (Å²) in [6, 6.07) is 11.0. The Labute approximate surface area is 208 Å². The summed E-state index contributed by atoms with van der Waals surface area (Å²) in [7, 11) is 0. The zero-order valence-electron chi connectivity index (χ0n) is 19.7. The van der Waals surface area contributed by atoms with Gasteiger partial charge in [0.15, 0.2) is 5.13 Å². The number of aryl methyl sites for hydroxylation is 1. The normalized spacial score (nSPS) is 15.9. The topological polar surface area (TPSA) is 84.4 Å². The van der Waals surface area contributed by atoms with Crippen LogP contribution in [0.2, 0.25) is 0 Å². The fourth-order valence-electron chi connectivity index (χ4n) is 3.70. The number of esters is 1. The summed E-state index contributed by atoms with van der Waals surface area (Å²) in [5, 5.41) is 3.95. The molecule has 3 heterocycles. The van der Waals surface area contributed by atoms with Crippen molar-refractivity contribution in [3.8, 4) is 0 Å². The van der Waals surface area contributed by atoms with Crippen molar-refractivity contribution >= 4 is 45.9 Å². The van der Waals surface area contributed by atoms with Crippen LogP contribution in [-0.2, 0) is 9.53 Å². The first-order valence-electron chi connectivity index (χ1n) is 11.2. The highest BCUT2D eigenvalue weighted by Gasteiger charge is 2.37. The van der Waals surface area contributed by atoms with Crippen molar-refractivity contribution in [3.05, 3.63) is 59.9 Å². The fourth-order valence-corrected chi connectivity index (χ4v) is 5.60. The van der Waals surface area contributed by atoms with Crippen molar-refractivity contribution in [2.24, 2.45) is 0 Å². The maximum absolute atomic E-state index is 13.4. The first-order valence-corrected chi connectivity index (χ1v) is 12.8. The Morgan fingerprint density at radius 2 is 2.03 bits per heavy atom. The lowest BCUT2D eigenvalue weighted by Gasteiger charge is -2.28. The third-order valence-corrected chi connectivity index (χ3v) is 7.24. The lowest BCUT2D eigenvalue weighted by Crippen LogP contribution is -2.43. The van der Waals surface area contributed by atoms with Crippen LogP contribution in [0.3, 0.4) is 0 Å². The number of anilines is 2. The molecule has 1 atom stereocenters. The number of pyridine rings is 1. The van der Waals surface area contributed by atoms with Crippen LogP contribution < -0.4 is 5.32 Å². The second-order valence-electron chi connectivity index (χ2n) is 9.09. The standard InChI is InChI=1S/C25H28N4O3S2/c1-16-10-11-17(33-21-15-27-24(34-21)28-20-9-5-6-12-26-20)14-18(16)22(30)29-13-7-8-19(29)23(31)32-25(2,3)4/h5-6,9-12,14-15,19H,7-8,13H2,1-4H3,(H,26,27,28)/t19-/m0/s1. The molecule has 0 spiro atoms. The number of aromatic nitrogens is 2. The van der Waals surface area contributed by atoms with Gasteiger partial charge in [0, 0.05) is 23.2 Å². The van der Waals surface area contributed by atoms with Gasteiger partial charge in [-0.25, -0.2) is 14.8 Å². The van der Waals surface area contributed by atoms with Crippen LogP contribution >= 0.6 is 23.1 Å². The van der Waals surface area contributed by atoms with Crippen molar-refractivity contribution < 1.29 is 14.3 Å². The van der Waals surface area contributed by atoms with Gasteiger partial charge in [-0.1, -0.05) is 35.2 Å². The fraction of sp³-hybridized carbons (Fsp3) is 0.360. The molecule has 1 N–H and O–H groups in total. The van der Waals surface area contributed by atoms with E-state index < -0.39 is 11.6 Å². The minimum atomic E-state index is -0.583. The largest absolute Gasteiger partial charge is 0.458 e. The summed E-state index contributed by atoms with van der Waals surface area (Å²) in [5.74, 6) is 0.274. The maximum atomic E-state index is 13.4. The highest BCUT2D eigenvalue weighted by molar-refractivity contribution is 8.01. The Morgan fingerprint density at radius 1 is 1.21 bits per heavy atom. The molecule has 1 aliphatic rings. The van der Waals surface area contributed by atoms with E-state index in [1.807, 2.05) is 64.1 Å². The van der Waals surface area contributed by atoms with E-state index in [9.17, 15) is 9.59 Å². The molecule has 3 aromatic rings. The summed E-state index contributed by atoms with van der Waals surface area (Å²) >= 11 is 3.07. The Bertz CT molecular complexity index is 1170. The van der Waals surface area contributed by atoms with E-state index in [1.54, 1.807) is 29.1 Å². The van der Waals surface area contributed by atoms with Crippen molar-refractivity contribution in [1.82, 2.24) is 14.9 Å². The molecule has 1 aromatic carbocycles. The molecular formula is C25H28N4O3S2. The summed E-state index contributed by atoms with van der Waals surface area (Å²) in [6.07, 6.45) is 4.95. The molecule has 1 saturated heterocycles. The number of ether oxygens (including phenoxy) is 1. The molecule has 34 heavy (non-hydrogen) atoms. The summed E-state index contributed by atoms with van der Waals surface area (Å²) in [6.45, 7) is 7.99. The van der Waals surface area contributed by atoms with Gasteiger partial charge in [0.1, 0.15) is 17.5 Å². The number of nitrogens with zero attached hydrogens (tertiary/aromatic N) is 3. The monoisotopic (exact) mass is 496 g/mol. The van der Waals surface area contributed by atoms with Gasteiger partial charge in [-0.05, 0) is 70.4 Å². The van der Waals surface area contributed by atoms with Gasteiger partial charge in [0.25, 0.3) is 5.91 Å². The molecule has 0 aliphatic carbocycles. The second-order valence-corrected chi connectivity index (χ2v) is 11.5. The maximum Gasteiger partial charge on any atom is 0.329 e. The van der Waals surface area contributed by atoms with Crippen molar-refractivity contribution in [2.45, 2.75) is 61.3 Å². The van der Waals surface area contributed by atoms with Gasteiger partial charge in [0.2, 0.25) is 0 Å². The minimum absolute atomic E-state index is 0.130. The average molecular weight is 497 g/mol. The Balaban J connectivity index is 1.48. The molecule has 1 amide bonds. The number of benzene rings is 1. The van der Waals surface area contributed by atoms with Crippen molar-refractivity contribution in [1.29, 1.82) is 0 Å². The number of hydrogen-bond donors (Lipinski definition) is 1. The van der Waals surface area contributed by atoms with Gasteiger partial charge < -0.3 is 15.0 Å². The highest BCUT2D eigenvalue weighted by Crippen LogP contribution is 2.36. The van der Waals surface area contributed by atoms with Crippen LogP contribution in [0.5, 0.6) is 0 Å². The van der Waals surface area contributed by atoms with E-state index in [4.69, 9.17) is 4.74 Å². The number of hydrogen-bond acceptors (Lipinski definition) is 8. The molecule has 2 aromatic heterocycles. The van der Waals surface area contributed by atoms with E-state index in [0.717, 1.165) is 32.0 Å². The van der Waals surface area contributed by atoms with Crippen LogP contribution in [0.15, 0.2) is 57.9 Å². The molecule has 4 rings (SSSR count). The number of carbonyl (C=O) groups excluding carboxylic acids is 2. The number of nitrogens with one attached hydrogen (secondary N) is 1. The zero-order valence-corrected chi connectivity index (χ0v) is 21.3. The number of thiazole rings is 1. The van der Waals surface area contributed by atoms with E-state index in [0.29, 0.717) is 18.5 Å². The molecule has 0 bridgehead atoms. The third kappa shape index (κ3) is 5.95. The molecule has 178 valence electrons. The molecule has 9 heteroatoms. The summed E-state index contributed by atoms with van der Waals surface area (Å²) in [5.41, 5.74) is 0.905. The lowest BCUT2D eigenvalue weighted by atomic mass is 10.1. The first-order chi connectivity index (χ1) is 16.2. The smallest absolute Gasteiger partial charge is 0.329 e. The average Bonchev–Trinajstić information content (AvgIpc) is 3.44. The van der Waals surface area contributed by atoms with E-state index in [2.05, 4.69) is 15.3 Å². The van der Waals surface area contributed by atoms with Crippen LogP contribution in [-0.4, -0.2) is 44.9 Å². The Kier molecular flexibility index (Phi) is 7.23. The van der Waals surface area contributed by atoms with Gasteiger partial charge in [0.05, 0.1) is 10.4 Å². The predicted molar refractivity (Wildman–Crippen MR) is 135 cm³/mol. The minimum Gasteiger partial charge on any atom is -0.458 e. The van der Waals surface area contributed by atoms with Gasteiger partial charge in [-0.3, -0.25) is 4.79 Å². The van der Waals surface area contributed by atoms with E-state index >= 15 is 0 Å². The number of amides is 1. The Morgan fingerprint density at radius 3 is 2.76 bits per heavy atom. The van der Waals surface area contributed by atoms with Gasteiger partial charge in [-0.2, -0.15) is 0 Å². The van der Waals surface area contributed by atoms with Crippen molar-refractivity contribution in [2.75, 3.05) is 11.9 Å². The highest BCUT2D eigenvalue weighted by atomic mass is 32.2. The van der Waals surface area contributed by atoms with E-state index in [-0.39, 0.29) is 11.9 Å². The lowest BCUT2D eigenvalue weighted by molar-refractivity contribution is -0.159. The first kappa shape index (κ1) is 24.2. The van der Waals surface area contributed by atoms with Crippen LogP contribution in [0.4, 0.5) is 10.9 Å². The molecule has 7 nitrogen and oxygen atoms in total. The zero-order chi connectivity index (χ0) is 24.3. The Hall–Kier alpha value is -2.91. The van der Waals surface area contributed by atoms with Crippen LogP contribution in [0.25, 0.3) is 0 Å². The molecule has 0 unspecified atom stereocenters. The number of carbonyl (C=O) groups is 2. The molecule has 0 saturated carbocycles. The molecule has 1 aliphatic heterocycles. The van der Waals surface area contributed by atoms with Crippen LogP contribution in [0, 0.1) is 6.92 Å². The quantitative estimate of drug-likeness (QED) is 0.439. The summed E-state index contributed by atoms with van der Waals surface area (Å²) in [4.78, 5) is 37.4. The van der Waals surface area contributed by atoms with Crippen LogP contribution in [0.1, 0.15) is 49.5 Å². The number of likely N-dealkylation sites (tertiary alicyclic amines) is 1. The number of rotatable bonds is 6. The second kappa shape index (κ2) is 10.1. The van der Waals surface area contributed by atoms with Crippen molar-refractivity contribution in [3.63, 3.8) is 0 Å². The summed E-state index contributed by atoms with van der Waals surface area (Å²) < 4.78 is 6.56. The third-order valence-electron chi connectivity index (χ3n) is 5.23. The SMILES string of the molecule is Cc1ccc(Sc2cnc(Nc3ccccn3)s2)cc1C(=O)N1CCC[C@H]1C(=O)OC(C)(C)C. The van der Waals surface area contributed by atoms with E-state index in [1.165, 1.54) is 11.3 Å².